The van der Waals surface area contributed by atoms with Gasteiger partial charge in [-0.15, -0.1) is 0 Å². The summed E-state index contributed by atoms with van der Waals surface area (Å²) >= 11 is 0. The molecule has 0 bridgehead atoms. The maximum atomic E-state index is 11.7. The highest BCUT2D eigenvalue weighted by Crippen LogP contribution is 2.17. The predicted octanol–water partition coefficient (Wildman–Crippen LogP) is 0.451. The summed E-state index contributed by atoms with van der Waals surface area (Å²) in [4.78, 5) is 1.77. The number of hydrogen-bond donors (Lipinski definition) is 2. The number of hydrogen-bond acceptors (Lipinski definition) is 3. The molecule has 0 aromatic carbocycles. The van der Waals surface area contributed by atoms with Crippen molar-refractivity contribution < 1.29 is 18.3 Å². The van der Waals surface area contributed by atoms with Crippen LogP contribution in [0.1, 0.15) is 6.42 Å². The minimum atomic E-state index is -4.13. The van der Waals surface area contributed by atoms with Crippen molar-refractivity contribution in [3.05, 3.63) is 0 Å². The third-order valence-electron chi connectivity index (χ3n) is 1.54. The molecule has 0 heterocycles. The lowest BCUT2D eigenvalue weighted by Crippen LogP contribution is -2.36. The molecule has 1 unspecified atom stereocenters. The van der Waals surface area contributed by atoms with Gasteiger partial charge in [-0.1, -0.05) is 0 Å². The number of aliphatic hydroxyl groups excluding tert-OH is 1. The van der Waals surface area contributed by atoms with Crippen LogP contribution < -0.4 is 5.32 Å². The normalized spacial score (nSPS) is 14.8. The van der Waals surface area contributed by atoms with Gasteiger partial charge in [-0.05, 0) is 14.1 Å². The smallest absolute Gasteiger partial charge is 0.390 e. The van der Waals surface area contributed by atoms with Crippen LogP contribution in [0.2, 0.25) is 0 Å². The van der Waals surface area contributed by atoms with Crippen LogP contribution in [-0.2, 0) is 0 Å². The van der Waals surface area contributed by atoms with Crippen molar-refractivity contribution >= 4 is 0 Å². The number of rotatable bonds is 6. The lowest BCUT2D eigenvalue weighted by molar-refractivity contribution is -0.133. The molecule has 6 heteroatoms. The molecule has 0 fully saturated rings. The summed E-state index contributed by atoms with van der Waals surface area (Å²) in [6.07, 6.45) is -5.61. The van der Waals surface area contributed by atoms with Crippen LogP contribution in [0.4, 0.5) is 13.2 Å². The zero-order valence-corrected chi connectivity index (χ0v) is 8.43. The summed E-state index contributed by atoms with van der Waals surface area (Å²) in [6, 6.07) is 0. The fraction of sp³-hybridized carbons (Fsp3) is 1.00. The average molecular weight is 214 g/mol. The lowest BCUT2D eigenvalue weighted by atomic mass is 10.3. The van der Waals surface area contributed by atoms with Crippen molar-refractivity contribution in [1.29, 1.82) is 0 Å². The number of halogens is 3. The molecule has 0 amide bonds. The molecule has 14 heavy (non-hydrogen) atoms. The molecule has 0 aromatic rings. The Bertz CT molecular complexity index is 150. The SMILES string of the molecule is CN(C)CC(O)CNCCC(F)(F)F. The van der Waals surface area contributed by atoms with E-state index in [-0.39, 0.29) is 13.1 Å². The lowest BCUT2D eigenvalue weighted by Gasteiger charge is -2.16. The van der Waals surface area contributed by atoms with Gasteiger partial charge >= 0.3 is 6.18 Å². The van der Waals surface area contributed by atoms with Crippen LogP contribution in [0.15, 0.2) is 0 Å². The van der Waals surface area contributed by atoms with Crippen molar-refractivity contribution in [1.82, 2.24) is 10.2 Å². The number of nitrogens with zero attached hydrogens (tertiary/aromatic N) is 1. The first kappa shape index (κ1) is 13.7. The second-order valence-electron chi connectivity index (χ2n) is 3.49. The Balaban J connectivity index is 3.36. The quantitative estimate of drug-likeness (QED) is 0.630. The van der Waals surface area contributed by atoms with Crippen molar-refractivity contribution in [2.75, 3.05) is 33.7 Å². The summed E-state index contributed by atoms with van der Waals surface area (Å²) in [5.41, 5.74) is 0. The number of nitrogens with one attached hydrogen (secondary N) is 1. The second-order valence-corrected chi connectivity index (χ2v) is 3.49. The van der Waals surface area contributed by atoms with Gasteiger partial charge in [0.15, 0.2) is 0 Å². The second kappa shape index (κ2) is 6.21. The molecule has 2 N–H and O–H groups in total. The molecular weight excluding hydrogens is 197 g/mol. The van der Waals surface area contributed by atoms with Gasteiger partial charge in [0.2, 0.25) is 0 Å². The van der Waals surface area contributed by atoms with Gasteiger partial charge in [0, 0.05) is 19.6 Å². The first-order chi connectivity index (χ1) is 6.31. The van der Waals surface area contributed by atoms with Gasteiger partial charge in [-0.25, -0.2) is 0 Å². The zero-order valence-electron chi connectivity index (χ0n) is 8.43. The van der Waals surface area contributed by atoms with Crippen LogP contribution in [-0.4, -0.2) is 56.0 Å². The van der Waals surface area contributed by atoms with E-state index in [0.717, 1.165) is 0 Å². The Kier molecular flexibility index (Phi) is 6.06. The molecule has 0 rings (SSSR count). The molecule has 0 radical (unpaired) electrons. The maximum absolute atomic E-state index is 11.7. The Morgan fingerprint density at radius 1 is 1.36 bits per heavy atom. The van der Waals surface area contributed by atoms with Crippen LogP contribution >= 0.6 is 0 Å². The van der Waals surface area contributed by atoms with Gasteiger partial charge in [-0.2, -0.15) is 13.2 Å². The molecule has 0 spiro atoms. The van der Waals surface area contributed by atoms with E-state index in [1.807, 2.05) is 0 Å². The summed E-state index contributed by atoms with van der Waals surface area (Å²) in [5.74, 6) is 0. The van der Waals surface area contributed by atoms with E-state index in [1.54, 1.807) is 19.0 Å². The Labute approximate surface area is 81.9 Å². The molecular formula is C8H17F3N2O. The third-order valence-corrected chi connectivity index (χ3v) is 1.54. The fourth-order valence-electron chi connectivity index (χ4n) is 0.985. The highest BCUT2D eigenvalue weighted by atomic mass is 19.4. The van der Waals surface area contributed by atoms with E-state index in [2.05, 4.69) is 5.32 Å². The molecule has 86 valence electrons. The van der Waals surface area contributed by atoms with E-state index in [1.165, 1.54) is 0 Å². The van der Waals surface area contributed by atoms with E-state index >= 15 is 0 Å². The Hall–Kier alpha value is -0.330. The number of aliphatic hydroxyl groups is 1. The van der Waals surface area contributed by atoms with E-state index in [4.69, 9.17) is 0 Å². The summed E-state index contributed by atoms with van der Waals surface area (Å²) in [5, 5.41) is 11.8. The first-order valence-corrected chi connectivity index (χ1v) is 4.41. The van der Waals surface area contributed by atoms with E-state index < -0.39 is 18.7 Å². The van der Waals surface area contributed by atoms with Gasteiger partial charge in [-0.3, -0.25) is 0 Å². The molecule has 0 aliphatic carbocycles. The molecule has 3 nitrogen and oxygen atoms in total. The van der Waals surface area contributed by atoms with Crippen molar-refractivity contribution in [3.63, 3.8) is 0 Å². The first-order valence-electron chi connectivity index (χ1n) is 4.41. The van der Waals surface area contributed by atoms with Crippen LogP contribution in [0.25, 0.3) is 0 Å². The number of likely N-dealkylation sites (N-methyl/N-ethyl adjacent to an activating group) is 1. The summed E-state index contributed by atoms with van der Waals surface area (Å²) in [6.45, 7) is 0.487. The average Bonchev–Trinajstić information content (AvgIpc) is 1.95. The largest absolute Gasteiger partial charge is 0.390 e. The van der Waals surface area contributed by atoms with E-state index in [9.17, 15) is 18.3 Å². The van der Waals surface area contributed by atoms with Crippen LogP contribution in [0, 0.1) is 0 Å². The monoisotopic (exact) mass is 214 g/mol. The Morgan fingerprint density at radius 2 is 1.93 bits per heavy atom. The molecule has 0 aliphatic heterocycles. The minimum Gasteiger partial charge on any atom is -0.390 e. The van der Waals surface area contributed by atoms with Gasteiger partial charge in [0.1, 0.15) is 0 Å². The molecule has 0 aromatic heterocycles. The van der Waals surface area contributed by atoms with E-state index in [0.29, 0.717) is 6.54 Å². The topological polar surface area (TPSA) is 35.5 Å². The minimum absolute atomic E-state index is 0.145. The third kappa shape index (κ3) is 9.76. The fourth-order valence-corrected chi connectivity index (χ4v) is 0.985. The van der Waals surface area contributed by atoms with Gasteiger partial charge in [0.25, 0.3) is 0 Å². The molecule has 0 saturated heterocycles. The van der Waals surface area contributed by atoms with Crippen LogP contribution in [0.5, 0.6) is 0 Å². The van der Waals surface area contributed by atoms with Crippen molar-refractivity contribution in [2.24, 2.45) is 0 Å². The molecule has 1 atom stereocenters. The Morgan fingerprint density at radius 3 is 2.36 bits per heavy atom. The van der Waals surface area contributed by atoms with Gasteiger partial charge < -0.3 is 15.3 Å². The highest BCUT2D eigenvalue weighted by Gasteiger charge is 2.25. The standard InChI is InChI=1S/C8H17F3N2O/c1-13(2)6-7(14)5-12-4-3-8(9,10)11/h7,12,14H,3-6H2,1-2H3. The van der Waals surface area contributed by atoms with Crippen molar-refractivity contribution in [2.45, 2.75) is 18.7 Å². The van der Waals surface area contributed by atoms with Gasteiger partial charge in [0.05, 0.1) is 12.5 Å². The number of alkyl halides is 3. The maximum Gasteiger partial charge on any atom is 0.390 e. The highest BCUT2D eigenvalue weighted by molar-refractivity contribution is 4.63. The van der Waals surface area contributed by atoms with Crippen LogP contribution in [0.3, 0.4) is 0 Å². The zero-order chi connectivity index (χ0) is 11.2. The summed E-state index contributed by atoms with van der Waals surface area (Å²) < 4.78 is 35.0. The van der Waals surface area contributed by atoms with Crippen molar-refractivity contribution in [3.8, 4) is 0 Å². The molecule has 0 aliphatic rings. The summed E-state index contributed by atoms with van der Waals surface area (Å²) in [7, 11) is 3.58. The predicted molar refractivity (Wildman–Crippen MR) is 48.1 cm³/mol. The molecule has 0 saturated carbocycles.